The van der Waals surface area contributed by atoms with Crippen molar-refractivity contribution >= 4 is 11.6 Å². The summed E-state index contributed by atoms with van der Waals surface area (Å²) in [7, 11) is 0. The monoisotopic (exact) mass is 264 g/mol. The van der Waals surface area contributed by atoms with Crippen molar-refractivity contribution in [3.63, 3.8) is 0 Å². The Balaban J connectivity index is 2.50. The Morgan fingerprint density at radius 1 is 1.28 bits per heavy atom. The topological polar surface area (TPSA) is 56.7 Å². The summed E-state index contributed by atoms with van der Waals surface area (Å²) in [5.41, 5.74) is 8.53. The van der Waals surface area contributed by atoms with Crippen LogP contribution in [-0.4, -0.2) is 14.8 Å². The predicted molar refractivity (Wildman–Crippen MR) is 73.0 cm³/mol. The molecule has 2 heterocycles. The van der Waals surface area contributed by atoms with Crippen LogP contribution in [0.15, 0.2) is 18.2 Å². The lowest BCUT2D eigenvalue weighted by molar-refractivity contribution is 0.764. The lowest BCUT2D eigenvalue weighted by Crippen LogP contribution is -2.08. The van der Waals surface area contributed by atoms with E-state index >= 15 is 0 Å². The minimum Gasteiger partial charge on any atom is -0.325 e. The molecule has 2 N–H and O–H groups in total. The quantitative estimate of drug-likeness (QED) is 0.923. The summed E-state index contributed by atoms with van der Waals surface area (Å²) in [6, 6.07) is 5.80. The maximum absolute atomic E-state index is 6.02. The third kappa shape index (κ3) is 2.40. The second-order valence-electron chi connectivity index (χ2n) is 4.05. The summed E-state index contributed by atoms with van der Waals surface area (Å²) in [5.74, 6) is 0.774. The SMILES string of the molecule is CCc1cc(CC)n(-c2ccc(Cl)c(CN)n2)n1. The van der Waals surface area contributed by atoms with Gasteiger partial charge in [-0.25, -0.2) is 9.67 Å². The van der Waals surface area contributed by atoms with E-state index < -0.39 is 0 Å². The molecule has 0 saturated carbocycles. The summed E-state index contributed by atoms with van der Waals surface area (Å²) >= 11 is 6.02. The number of halogens is 1. The molecule has 0 aliphatic heterocycles. The molecule has 0 fully saturated rings. The van der Waals surface area contributed by atoms with E-state index in [2.05, 4.69) is 30.0 Å². The van der Waals surface area contributed by atoms with Gasteiger partial charge in [0.1, 0.15) is 0 Å². The minimum absolute atomic E-state index is 0.329. The van der Waals surface area contributed by atoms with Crippen LogP contribution < -0.4 is 5.73 Å². The highest BCUT2D eigenvalue weighted by molar-refractivity contribution is 6.31. The minimum atomic E-state index is 0.329. The number of aromatic nitrogens is 3. The second-order valence-corrected chi connectivity index (χ2v) is 4.46. The number of hydrogen-bond donors (Lipinski definition) is 1. The molecule has 0 aliphatic rings. The highest BCUT2D eigenvalue weighted by Crippen LogP contribution is 2.18. The highest BCUT2D eigenvalue weighted by Gasteiger charge is 2.10. The zero-order valence-electron chi connectivity index (χ0n) is 10.7. The number of pyridine rings is 1. The molecule has 2 rings (SSSR count). The van der Waals surface area contributed by atoms with Crippen LogP contribution in [0, 0.1) is 0 Å². The molecule has 4 nitrogen and oxygen atoms in total. The van der Waals surface area contributed by atoms with E-state index in [0.29, 0.717) is 17.3 Å². The molecule has 0 saturated heterocycles. The Kier molecular flexibility index (Phi) is 3.99. The van der Waals surface area contributed by atoms with E-state index in [4.69, 9.17) is 17.3 Å². The molecule has 0 radical (unpaired) electrons. The van der Waals surface area contributed by atoms with Gasteiger partial charge < -0.3 is 5.73 Å². The first-order valence-corrected chi connectivity index (χ1v) is 6.51. The normalized spacial score (nSPS) is 10.9. The molecule has 18 heavy (non-hydrogen) atoms. The summed E-state index contributed by atoms with van der Waals surface area (Å²) in [4.78, 5) is 4.46. The Morgan fingerprint density at radius 3 is 2.67 bits per heavy atom. The van der Waals surface area contributed by atoms with E-state index in [1.807, 2.05) is 16.8 Å². The van der Waals surface area contributed by atoms with Gasteiger partial charge >= 0.3 is 0 Å². The first kappa shape index (κ1) is 13.1. The van der Waals surface area contributed by atoms with Gasteiger partial charge in [-0.1, -0.05) is 25.4 Å². The van der Waals surface area contributed by atoms with E-state index in [1.54, 1.807) is 0 Å². The van der Waals surface area contributed by atoms with Gasteiger partial charge in [-0.3, -0.25) is 0 Å². The molecule has 0 unspecified atom stereocenters. The summed E-state index contributed by atoms with van der Waals surface area (Å²) < 4.78 is 1.87. The molecular weight excluding hydrogens is 248 g/mol. The molecule has 0 amide bonds. The van der Waals surface area contributed by atoms with Crippen LogP contribution in [0.2, 0.25) is 5.02 Å². The summed E-state index contributed by atoms with van der Waals surface area (Å²) in [6.07, 6.45) is 1.83. The number of rotatable bonds is 4. The fraction of sp³-hybridized carbons (Fsp3) is 0.385. The summed E-state index contributed by atoms with van der Waals surface area (Å²) in [5, 5.41) is 5.14. The van der Waals surface area contributed by atoms with Crippen LogP contribution in [0.5, 0.6) is 0 Å². The zero-order chi connectivity index (χ0) is 13.1. The molecular formula is C13H17ClN4. The van der Waals surface area contributed by atoms with Gasteiger partial charge in [0.2, 0.25) is 0 Å². The van der Waals surface area contributed by atoms with Crippen molar-refractivity contribution in [2.75, 3.05) is 0 Å². The first-order chi connectivity index (χ1) is 8.69. The van der Waals surface area contributed by atoms with E-state index in [1.165, 1.54) is 0 Å². The van der Waals surface area contributed by atoms with Gasteiger partial charge in [0.25, 0.3) is 0 Å². The Bertz CT molecular complexity index is 548. The molecule has 2 aromatic heterocycles. The van der Waals surface area contributed by atoms with Gasteiger partial charge in [0.05, 0.1) is 16.4 Å². The summed E-state index contributed by atoms with van der Waals surface area (Å²) in [6.45, 7) is 4.52. The highest BCUT2D eigenvalue weighted by atomic mass is 35.5. The first-order valence-electron chi connectivity index (χ1n) is 6.13. The fourth-order valence-corrected chi connectivity index (χ4v) is 2.01. The van der Waals surface area contributed by atoms with Crippen molar-refractivity contribution in [1.29, 1.82) is 0 Å². The lowest BCUT2D eigenvalue weighted by atomic mass is 10.2. The van der Waals surface area contributed by atoms with Gasteiger partial charge in [0, 0.05) is 12.2 Å². The molecule has 96 valence electrons. The average Bonchev–Trinajstić information content (AvgIpc) is 2.82. The molecule has 0 spiro atoms. The van der Waals surface area contributed by atoms with Crippen LogP contribution in [0.25, 0.3) is 5.82 Å². The zero-order valence-corrected chi connectivity index (χ0v) is 11.4. The number of hydrogen-bond acceptors (Lipinski definition) is 3. The van der Waals surface area contributed by atoms with Crippen LogP contribution in [0.1, 0.15) is 30.9 Å². The molecule has 0 bridgehead atoms. The van der Waals surface area contributed by atoms with Crippen molar-refractivity contribution in [3.05, 3.63) is 40.3 Å². The van der Waals surface area contributed by atoms with Crippen LogP contribution in [0.3, 0.4) is 0 Å². The lowest BCUT2D eigenvalue weighted by Gasteiger charge is -2.07. The smallest absolute Gasteiger partial charge is 0.154 e. The second kappa shape index (κ2) is 5.50. The van der Waals surface area contributed by atoms with Gasteiger partial charge in [-0.15, -0.1) is 0 Å². The Labute approximate surface area is 112 Å². The van der Waals surface area contributed by atoms with Gasteiger partial charge in [-0.05, 0) is 31.0 Å². The third-order valence-corrected chi connectivity index (χ3v) is 3.22. The van der Waals surface area contributed by atoms with Crippen molar-refractivity contribution in [2.24, 2.45) is 5.73 Å². The molecule has 0 aromatic carbocycles. The van der Waals surface area contributed by atoms with Gasteiger partial charge in [-0.2, -0.15) is 5.10 Å². The Hall–Kier alpha value is -1.39. The number of nitrogens with zero attached hydrogens (tertiary/aromatic N) is 3. The van der Waals surface area contributed by atoms with E-state index in [-0.39, 0.29) is 0 Å². The van der Waals surface area contributed by atoms with Crippen molar-refractivity contribution < 1.29 is 0 Å². The molecule has 0 atom stereocenters. The van der Waals surface area contributed by atoms with Crippen molar-refractivity contribution in [1.82, 2.24) is 14.8 Å². The largest absolute Gasteiger partial charge is 0.325 e. The standard InChI is InChI=1S/C13H17ClN4/c1-3-9-7-10(4-2)18(17-9)13-6-5-11(14)12(8-15)16-13/h5-7H,3-4,8,15H2,1-2H3. The van der Waals surface area contributed by atoms with Crippen LogP contribution in [0.4, 0.5) is 0 Å². The van der Waals surface area contributed by atoms with Crippen molar-refractivity contribution in [3.8, 4) is 5.82 Å². The fourth-order valence-electron chi connectivity index (χ4n) is 1.83. The van der Waals surface area contributed by atoms with Crippen LogP contribution in [-0.2, 0) is 19.4 Å². The predicted octanol–water partition coefficient (Wildman–Crippen LogP) is 2.50. The number of aryl methyl sites for hydroxylation is 2. The van der Waals surface area contributed by atoms with E-state index in [0.717, 1.165) is 30.0 Å². The van der Waals surface area contributed by atoms with Crippen LogP contribution >= 0.6 is 11.6 Å². The number of nitrogens with two attached hydrogens (primary N) is 1. The van der Waals surface area contributed by atoms with Gasteiger partial charge in [0.15, 0.2) is 5.82 Å². The van der Waals surface area contributed by atoms with Crippen molar-refractivity contribution in [2.45, 2.75) is 33.2 Å². The third-order valence-electron chi connectivity index (χ3n) is 2.87. The maximum Gasteiger partial charge on any atom is 0.154 e. The average molecular weight is 265 g/mol. The molecule has 2 aromatic rings. The Morgan fingerprint density at radius 2 is 2.06 bits per heavy atom. The maximum atomic E-state index is 6.02. The van der Waals surface area contributed by atoms with E-state index in [9.17, 15) is 0 Å². The molecule has 0 aliphatic carbocycles. The molecule has 5 heteroatoms.